The predicted octanol–water partition coefficient (Wildman–Crippen LogP) is 7.16. The number of alkyl carbamates (subject to hydrolysis) is 2. The van der Waals surface area contributed by atoms with Gasteiger partial charge in [-0.1, -0.05) is 67.1 Å². The van der Waals surface area contributed by atoms with Gasteiger partial charge < -0.3 is 40.7 Å². The summed E-state index contributed by atoms with van der Waals surface area (Å²) in [5.41, 5.74) is 18.6. The van der Waals surface area contributed by atoms with Crippen molar-refractivity contribution in [3.05, 3.63) is 154 Å². The summed E-state index contributed by atoms with van der Waals surface area (Å²) in [6, 6.07) is 30.2. The SMILES string of the molecule is CCn1nc(C)c(CCCCCn2nc(C)cc2C(=O)Nc2nc3cc(C(N)=O)ccc3n2CCCNC(=O)OCc2ccccc2)c1C(=O)Nc1nc2cc(C(N)=O)ccc2n1CCCNC(=O)OCc1ccccc1. The van der Waals surface area contributed by atoms with Crippen LogP contribution in [0.5, 0.6) is 0 Å². The van der Waals surface area contributed by atoms with Gasteiger partial charge in [0.1, 0.15) is 24.6 Å². The average molecular weight is 1050 g/mol. The van der Waals surface area contributed by atoms with E-state index in [-0.39, 0.29) is 49.3 Å². The Balaban J connectivity index is 0.884. The number of rotatable bonds is 25. The van der Waals surface area contributed by atoms with Crippen LogP contribution < -0.4 is 32.7 Å². The molecule has 0 aliphatic heterocycles. The number of hydrogen-bond acceptors (Lipinski definition) is 12. The van der Waals surface area contributed by atoms with Crippen molar-refractivity contribution in [2.45, 2.75) is 98.7 Å². The maximum Gasteiger partial charge on any atom is 0.407 e. The van der Waals surface area contributed by atoms with Gasteiger partial charge in [0.2, 0.25) is 23.7 Å². The second-order valence-electron chi connectivity index (χ2n) is 18.3. The van der Waals surface area contributed by atoms with Crippen LogP contribution in [0.4, 0.5) is 21.5 Å². The number of imidazole rings is 2. The molecule has 0 atom stereocenters. The molecule has 400 valence electrons. The quantitative estimate of drug-likeness (QED) is 0.0311. The Morgan fingerprint density at radius 2 is 1.09 bits per heavy atom. The molecule has 0 spiro atoms. The topological polar surface area (TPSA) is 292 Å². The van der Waals surface area contributed by atoms with Gasteiger partial charge in [0.05, 0.1) is 33.5 Å². The lowest BCUT2D eigenvalue weighted by atomic mass is 10.0. The summed E-state index contributed by atoms with van der Waals surface area (Å²) in [7, 11) is 0. The monoisotopic (exact) mass is 1050 g/mol. The molecule has 77 heavy (non-hydrogen) atoms. The minimum atomic E-state index is -0.613. The summed E-state index contributed by atoms with van der Waals surface area (Å²) in [6.45, 7) is 8.01. The maximum absolute atomic E-state index is 14.3. The van der Waals surface area contributed by atoms with E-state index >= 15 is 0 Å². The molecular weight excluding hydrogens is 985 g/mol. The zero-order valence-corrected chi connectivity index (χ0v) is 43.2. The Morgan fingerprint density at radius 3 is 1.60 bits per heavy atom. The molecule has 0 unspecified atom stereocenters. The molecule has 22 heteroatoms. The van der Waals surface area contributed by atoms with Crippen molar-refractivity contribution < 1.29 is 38.2 Å². The highest BCUT2D eigenvalue weighted by atomic mass is 16.6. The zero-order chi connectivity index (χ0) is 54.4. The van der Waals surface area contributed by atoms with Gasteiger partial charge in [0.25, 0.3) is 11.8 Å². The number of nitrogens with one attached hydrogen (secondary N) is 4. The molecule has 8 rings (SSSR count). The van der Waals surface area contributed by atoms with Gasteiger partial charge in [-0.15, -0.1) is 0 Å². The number of fused-ring (bicyclic) bond motifs is 2. The summed E-state index contributed by atoms with van der Waals surface area (Å²) in [5.74, 6) is -1.57. The highest BCUT2D eigenvalue weighted by Crippen LogP contribution is 2.26. The number of amides is 6. The van der Waals surface area contributed by atoms with Crippen molar-refractivity contribution in [2.24, 2.45) is 11.5 Å². The molecule has 4 heterocycles. The zero-order valence-electron chi connectivity index (χ0n) is 43.2. The summed E-state index contributed by atoms with van der Waals surface area (Å²) < 4.78 is 17.7. The fourth-order valence-corrected chi connectivity index (χ4v) is 8.98. The Bertz CT molecular complexity index is 3420. The third kappa shape index (κ3) is 13.7. The van der Waals surface area contributed by atoms with Gasteiger partial charge in [0.15, 0.2) is 0 Å². The molecule has 4 aromatic heterocycles. The largest absolute Gasteiger partial charge is 0.445 e. The van der Waals surface area contributed by atoms with Gasteiger partial charge in [-0.2, -0.15) is 10.2 Å². The first kappa shape index (κ1) is 53.9. The molecule has 0 aliphatic rings. The molecule has 4 aromatic carbocycles. The highest BCUT2D eigenvalue weighted by Gasteiger charge is 2.25. The van der Waals surface area contributed by atoms with Crippen LogP contribution in [0.15, 0.2) is 103 Å². The van der Waals surface area contributed by atoms with Crippen LogP contribution in [0.3, 0.4) is 0 Å². The third-order valence-electron chi connectivity index (χ3n) is 12.8. The number of primary amides is 2. The van der Waals surface area contributed by atoms with Gasteiger partial charge in [-0.3, -0.25) is 39.2 Å². The molecule has 0 aliphatic carbocycles. The molecule has 6 amide bonds. The number of hydrogen-bond donors (Lipinski definition) is 6. The van der Waals surface area contributed by atoms with E-state index in [4.69, 9.17) is 31.0 Å². The van der Waals surface area contributed by atoms with E-state index in [9.17, 15) is 28.8 Å². The molecule has 0 saturated heterocycles. The Kier molecular flexibility index (Phi) is 17.7. The third-order valence-corrected chi connectivity index (χ3v) is 12.8. The number of aryl methyl sites for hydroxylation is 6. The molecule has 0 bridgehead atoms. The molecule has 0 saturated carbocycles. The number of benzene rings is 4. The van der Waals surface area contributed by atoms with Crippen LogP contribution in [0.1, 0.15) is 109 Å². The fraction of sp³-hybridized carbons (Fsp3) is 0.309. The minimum Gasteiger partial charge on any atom is -0.445 e. The van der Waals surface area contributed by atoms with E-state index in [0.717, 1.165) is 28.8 Å². The minimum absolute atomic E-state index is 0.137. The number of nitrogens with zero attached hydrogens (tertiary/aromatic N) is 8. The van der Waals surface area contributed by atoms with Crippen LogP contribution >= 0.6 is 0 Å². The summed E-state index contributed by atoms with van der Waals surface area (Å²) in [5, 5.41) is 20.8. The molecule has 0 fully saturated rings. The highest BCUT2D eigenvalue weighted by molar-refractivity contribution is 6.05. The number of carbonyl (C=O) groups excluding carboxylic acids is 6. The summed E-state index contributed by atoms with van der Waals surface area (Å²) in [4.78, 5) is 86.8. The van der Waals surface area contributed by atoms with Gasteiger partial charge in [-0.05, 0) is 106 Å². The Hall–Kier alpha value is -9.34. The normalized spacial score (nSPS) is 11.2. The van der Waals surface area contributed by atoms with E-state index in [2.05, 4.69) is 31.3 Å². The van der Waals surface area contributed by atoms with Crippen molar-refractivity contribution in [1.29, 1.82) is 0 Å². The van der Waals surface area contributed by atoms with Crippen LogP contribution in [-0.2, 0) is 55.3 Å². The number of anilines is 2. The Morgan fingerprint density at radius 1 is 0.571 bits per heavy atom. The van der Waals surface area contributed by atoms with E-state index in [1.807, 2.05) is 90.6 Å². The lowest BCUT2D eigenvalue weighted by Gasteiger charge is -2.13. The lowest BCUT2D eigenvalue weighted by molar-refractivity contribution is 0.0992. The second kappa shape index (κ2) is 25.3. The van der Waals surface area contributed by atoms with Crippen LogP contribution in [-0.4, -0.2) is 87.6 Å². The van der Waals surface area contributed by atoms with E-state index in [1.165, 1.54) is 0 Å². The van der Waals surface area contributed by atoms with Crippen molar-refractivity contribution in [2.75, 3.05) is 23.7 Å². The average Bonchev–Trinajstić information content (AvgIpc) is 4.19. The van der Waals surface area contributed by atoms with E-state index in [0.29, 0.717) is 97.4 Å². The van der Waals surface area contributed by atoms with Crippen LogP contribution in [0.2, 0.25) is 0 Å². The molecule has 22 nitrogen and oxygen atoms in total. The predicted molar refractivity (Wildman–Crippen MR) is 288 cm³/mol. The second-order valence-corrected chi connectivity index (χ2v) is 18.3. The summed E-state index contributed by atoms with van der Waals surface area (Å²) in [6.07, 6.45) is 2.46. The Labute approximate surface area is 443 Å². The van der Waals surface area contributed by atoms with Crippen molar-refractivity contribution >= 4 is 69.8 Å². The van der Waals surface area contributed by atoms with Crippen LogP contribution in [0, 0.1) is 13.8 Å². The smallest absolute Gasteiger partial charge is 0.407 e. The first-order valence-corrected chi connectivity index (χ1v) is 25.5. The number of unbranched alkanes of at least 4 members (excludes halogenated alkanes) is 2. The first-order valence-electron chi connectivity index (χ1n) is 25.5. The van der Waals surface area contributed by atoms with E-state index in [1.54, 1.807) is 51.8 Å². The number of ether oxygens (including phenoxy) is 2. The first-order chi connectivity index (χ1) is 37.3. The molecule has 0 radical (unpaired) electrons. The summed E-state index contributed by atoms with van der Waals surface area (Å²) >= 11 is 0. The van der Waals surface area contributed by atoms with Crippen LogP contribution in [0.25, 0.3) is 22.1 Å². The van der Waals surface area contributed by atoms with Gasteiger partial charge >= 0.3 is 12.2 Å². The molecule has 8 N–H and O–H groups in total. The van der Waals surface area contributed by atoms with Crippen molar-refractivity contribution in [3.63, 3.8) is 0 Å². The maximum atomic E-state index is 14.3. The van der Waals surface area contributed by atoms with Crippen molar-refractivity contribution in [1.82, 2.24) is 49.3 Å². The molecule has 8 aromatic rings. The lowest BCUT2D eigenvalue weighted by Crippen LogP contribution is -2.26. The number of nitrogens with two attached hydrogens (primary N) is 2. The number of aromatic nitrogens is 8. The fourth-order valence-electron chi connectivity index (χ4n) is 8.98. The molecular formula is C55H62N14O8. The standard InChI is InChI=1S/C55H62N14O8/c1-4-68-47(51(73)63-53-61-43-32-40(49(57)71)22-24-45(43)67(53)28-15-26-59-55(75)77-34-38-18-10-6-11-19-38)41(36(3)65-68)20-12-7-13-29-69-46(30-35(2)64-69)50(72)62-52-60-42-31-39(48(56)70)21-23-44(42)66(52)27-14-25-58-54(74)76-33-37-16-8-5-9-17-37/h5-6,8-11,16-19,21-24,30-32H,4,7,12-15,20,25-29,33-34H2,1-3H3,(H2,56,70)(H2,57,71)(H,58,74)(H,59,75)(H,60,62,72)(H,61,63,73). The van der Waals surface area contributed by atoms with Crippen molar-refractivity contribution in [3.8, 4) is 0 Å². The van der Waals surface area contributed by atoms with Gasteiger partial charge in [-0.25, -0.2) is 19.6 Å². The van der Waals surface area contributed by atoms with Gasteiger partial charge in [0, 0.05) is 56.0 Å². The van der Waals surface area contributed by atoms with E-state index < -0.39 is 35.8 Å². The number of carbonyl (C=O) groups is 6.